The van der Waals surface area contributed by atoms with E-state index in [1.165, 1.54) is 25.7 Å². The lowest BCUT2D eigenvalue weighted by molar-refractivity contribution is 0.543. The third-order valence-electron chi connectivity index (χ3n) is 3.31. The van der Waals surface area contributed by atoms with Crippen LogP contribution >= 0.6 is 11.8 Å². The summed E-state index contributed by atoms with van der Waals surface area (Å²) in [6, 6.07) is 0.281. The van der Waals surface area contributed by atoms with Crippen molar-refractivity contribution >= 4 is 11.8 Å². The molecule has 0 saturated heterocycles. The zero-order valence-corrected chi connectivity index (χ0v) is 11.1. The zero-order valence-electron chi connectivity index (χ0n) is 10.3. The van der Waals surface area contributed by atoms with Gasteiger partial charge in [-0.25, -0.2) is 4.98 Å². The van der Waals surface area contributed by atoms with E-state index in [1.54, 1.807) is 6.33 Å². The molecule has 0 aliphatic heterocycles. The van der Waals surface area contributed by atoms with Crippen LogP contribution in [0.3, 0.4) is 0 Å². The van der Waals surface area contributed by atoms with Gasteiger partial charge in [-0.3, -0.25) is 16.0 Å². The molecule has 0 amide bonds. The van der Waals surface area contributed by atoms with Gasteiger partial charge in [0.1, 0.15) is 12.2 Å². The van der Waals surface area contributed by atoms with Gasteiger partial charge in [-0.1, -0.05) is 12.8 Å². The predicted molar refractivity (Wildman–Crippen MR) is 70.5 cm³/mol. The van der Waals surface area contributed by atoms with Gasteiger partial charge in [-0.05, 0) is 12.8 Å². The molecule has 5 nitrogen and oxygen atoms in total. The number of hydrogen-bond donors (Lipinski definition) is 2. The van der Waals surface area contributed by atoms with E-state index in [4.69, 9.17) is 5.84 Å². The monoisotopic (exact) mass is 255 g/mol. The van der Waals surface area contributed by atoms with E-state index < -0.39 is 0 Å². The van der Waals surface area contributed by atoms with Gasteiger partial charge in [0.2, 0.25) is 0 Å². The number of nitrogens with two attached hydrogens (primary N) is 1. The van der Waals surface area contributed by atoms with Gasteiger partial charge in [-0.15, -0.1) is 0 Å². The molecular weight excluding hydrogens is 234 g/mol. The summed E-state index contributed by atoms with van der Waals surface area (Å²) in [6.07, 6.45) is 7.95. The van der Waals surface area contributed by atoms with Crippen LogP contribution in [0.1, 0.15) is 31.5 Å². The fourth-order valence-electron chi connectivity index (χ4n) is 2.20. The Morgan fingerprint density at radius 3 is 2.94 bits per heavy atom. The first kappa shape index (κ1) is 12.9. The SMILES string of the molecule is Cn1ncnc1CC(CSC1CCCC1)NN. The van der Waals surface area contributed by atoms with Crippen LogP contribution in [0.2, 0.25) is 0 Å². The second kappa shape index (κ2) is 6.37. The summed E-state index contributed by atoms with van der Waals surface area (Å²) in [7, 11) is 1.92. The number of thioether (sulfide) groups is 1. The summed E-state index contributed by atoms with van der Waals surface area (Å²) in [5.74, 6) is 7.64. The van der Waals surface area contributed by atoms with E-state index in [1.807, 2.05) is 23.5 Å². The van der Waals surface area contributed by atoms with Crippen LogP contribution in [0.5, 0.6) is 0 Å². The number of nitrogens with one attached hydrogen (secondary N) is 1. The van der Waals surface area contributed by atoms with Crippen LogP contribution < -0.4 is 11.3 Å². The van der Waals surface area contributed by atoms with Crippen molar-refractivity contribution in [2.45, 2.75) is 43.4 Å². The quantitative estimate of drug-likeness (QED) is 0.583. The van der Waals surface area contributed by atoms with Crippen LogP contribution in [0.15, 0.2) is 6.33 Å². The van der Waals surface area contributed by atoms with Gasteiger partial charge in [0, 0.05) is 30.5 Å². The molecule has 1 aromatic rings. The van der Waals surface area contributed by atoms with E-state index in [9.17, 15) is 0 Å². The Kier molecular flexibility index (Phi) is 4.82. The molecular formula is C11H21N5S. The smallest absolute Gasteiger partial charge is 0.138 e. The van der Waals surface area contributed by atoms with Crippen LogP contribution in [-0.2, 0) is 13.5 Å². The maximum Gasteiger partial charge on any atom is 0.138 e. The maximum absolute atomic E-state index is 5.60. The largest absolute Gasteiger partial charge is 0.271 e. The molecule has 1 saturated carbocycles. The highest BCUT2D eigenvalue weighted by Crippen LogP contribution is 2.29. The van der Waals surface area contributed by atoms with Crippen LogP contribution in [-0.4, -0.2) is 31.8 Å². The molecule has 3 N–H and O–H groups in total. The Morgan fingerprint density at radius 1 is 1.59 bits per heavy atom. The van der Waals surface area contributed by atoms with Crippen molar-refractivity contribution in [1.29, 1.82) is 0 Å². The van der Waals surface area contributed by atoms with Crippen molar-refractivity contribution < 1.29 is 0 Å². The molecule has 1 heterocycles. The number of hydrogen-bond acceptors (Lipinski definition) is 5. The molecule has 6 heteroatoms. The third kappa shape index (κ3) is 3.69. The zero-order chi connectivity index (χ0) is 12.1. The minimum Gasteiger partial charge on any atom is -0.271 e. The molecule has 1 atom stereocenters. The van der Waals surface area contributed by atoms with Gasteiger partial charge in [0.15, 0.2) is 0 Å². The second-order valence-electron chi connectivity index (χ2n) is 4.61. The van der Waals surface area contributed by atoms with Crippen LogP contribution in [0.25, 0.3) is 0 Å². The van der Waals surface area contributed by atoms with Gasteiger partial charge in [0.05, 0.1) is 0 Å². The lowest BCUT2D eigenvalue weighted by atomic mass is 10.2. The van der Waals surface area contributed by atoms with E-state index in [0.29, 0.717) is 0 Å². The van der Waals surface area contributed by atoms with E-state index >= 15 is 0 Å². The van der Waals surface area contributed by atoms with E-state index in [0.717, 1.165) is 23.2 Å². The Morgan fingerprint density at radius 2 is 2.35 bits per heavy atom. The number of nitrogens with zero attached hydrogens (tertiary/aromatic N) is 3. The van der Waals surface area contributed by atoms with Gasteiger partial charge in [-0.2, -0.15) is 16.9 Å². The number of hydrazine groups is 1. The van der Waals surface area contributed by atoms with E-state index in [2.05, 4.69) is 15.5 Å². The normalized spacial score (nSPS) is 18.7. The van der Waals surface area contributed by atoms with Crippen molar-refractivity contribution in [1.82, 2.24) is 20.2 Å². The third-order valence-corrected chi connectivity index (χ3v) is 4.84. The first-order chi connectivity index (χ1) is 8.29. The highest BCUT2D eigenvalue weighted by Gasteiger charge is 2.18. The Hall–Kier alpha value is -0.590. The lowest BCUT2D eigenvalue weighted by Gasteiger charge is -2.17. The highest BCUT2D eigenvalue weighted by atomic mass is 32.2. The van der Waals surface area contributed by atoms with Crippen LogP contribution in [0, 0.1) is 0 Å². The molecule has 17 heavy (non-hydrogen) atoms. The van der Waals surface area contributed by atoms with Gasteiger partial charge in [0.25, 0.3) is 0 Å². The molecule has 1 aliphatic carbocycles. The summed E-state index contributed by atoms with van der Waals surface area (Å²) < 4.78 is 1.81. The van der Waals surface area contributed by atoms with Crippen LogP contribution in [0.4, 0.5) is 0 Å². The Bertz CT molecular complexity index is 334. The molecule has 1 aromatic heterocycles. The van der Waals surface area contributed by atoms with E-state index in [-0.39, 0.29) is 6.04 Å². The lowest BCUT2D eigenvalue weighted by Crippen LogP contribution is -2.39. The van der Waals surface area contributed by atoms with Crippen molar-refractivity contribution in [3.8, 4) is 0 Å². The topological polar surface area (TPSA) is 68.8 Å². The average molecular weight is 255 g/mol. The fraction of sp³-hybridized carbons (Fsp3) is 0.818. The minimum absolute atomic E-state index is 0.281. The number of rotatable bonds is 6. The molecule has 0 spiro atoms. The summed E-state index contributed by atoms with van der Waals surface area (Å²) >= 11 is 2.04. The Labute approximate surface area is 107 Å². The molecule has 0 radical (unpaired) electrons. The molecule has 0 aromatic carbocycles. The highest BCUT2D eigenvalue weighted by molar-refractivity contribution is 7.99. The molecule has 2 rings (SSSR count). The molecule has 96 valence electrons. The van der Waals surface area contributed by atoms with Crippen molar-refractivity contribution in [2.75, 3.05) is 5.75 Å². The molecule has 1 aliphatic rings. The number of aryl methyl sites for hydroxylation is 1. The summed E-state index contributed by atoms with van der Waals surface area (Å²) in [5, 5.41) is 4.91. The minimum atomic E-state index is 0.281. The molecule has 1 unspecified atom stereocenters. The summed E-state index contributed by atoms with van der Waals surface area (Å²) in [4.78, 5) is 4.23. The predicted octanol–water partition coefficient (Wildman–Crippen LogP) is 0.865. The maximum atomic E-state index is 5.60. The number of aromatic nitrogens is 3. The average Bonchev–Trinajstić information content (AvgIpc) is 2.96. The fourth-order valence-corrected chi connectivity index (χ4v) is 3.58. The molecule has 1 fully saturated rings. The van der Waals surface area contributed by atoms with Crippen molar-refractivity contribution in [3.05, 3.63) is 12.2 Å². The van der Waals surface area contributed by atoms with Crippen molar-refractivity contribution in [3.63, 3.8) is 0 Å². The second-order valence-corrected chi connectivity index (χ2v) is 5.94. The summed E-state index contributed by atoms with van der Waals surface area (Å²) in [5.41, 5.74) is 2.89. The molecule has 0 bridgehead atoms. The first-order valence-corrected chi connectivity index (χ1v) is 7.25. The summed E-state index contributed by atoms with van der Waals surface area (Å²) in [6.45, 7) is 0. The van der Waals surface area contributed by atoms with Gasteiger partial charge < -0.3 is 0 Å². The van der Waals surface area contributed by atoms with Crippen molar-refractivity contribution in [2.24, 2.45) is 12.9 Å². The first-order valence-electron chi connectivity index (χ1n) is 6.20. The Balaban J connectivity index is 1.78. The standard InChI is InChI=1S/C11H21N5S/c1-16-11(13-8-14-16)6-9(15-12)7-17-10-4-2-3-5-10/h8-10,15H,2-7,12H2,1H3. The van der Waals surface area contributed by atoms with Gasteiger partial charge >= 0.3 is 0 Å².